The predicted molar refractivity (Wildman–Crippen MR) is 253 cm³/mol. The number of rotatable bonds is 10. The van der Waals surface area contributed by atoms with E-state index < -0.39 is 5.97 Å². The Balaban J connectivity index is 0.000000153. The molecule has 0 bridgehead atoms. The molecule has 16 heteroatoms. The standard InChI is InChI=1S/C26H29N5O2S.C22H22N4O3S/c1-15(2)33-21-10-18-13-27-12-17(18)9-20(21)30-24-23-19-6-5-16(26(32)31-7-3-4-8-31)11-22(19)34-25(23)29-14-28-24;1-11(2)29-17-6-14-9-23-8-13(14)5-16(17)26-20-19-15-4-3-12(22(27)28)7-18(15)30-21(19)25-10-24-20/h9-10,12,14-16H,3-8,11,13H2,1-2H3,(H,28,29,30);5-6,8,10-12H,3-4,7,9H2,1-2H3,(H,27,28)(H,24,25,26)/t16-;12-/m00/s1. The zero-order valence-electron chi connectivity index (χ0n) is 36.4. The molecule has 4 aromatic heterocycles. The highest BCUT2D eigenvalue weighted by Crippen LogP contribution is 2.44. The van der Waals surface area contributed by atoms with Gasteiger partial charge in [-0.25, -0.2) is 19.9 Å². The van der Waals surface area contributed by atoms with Gasteiger partial charge in [-0.3, -0.25) is 19.6 Å². The number of carbonyl (C=O) groups excluding carboxylic acids is 1. The van der Waals surface area contributed by atoms with Gasteiger partial charge in [0, 0.05) is 41.2 Å². The first kappa shape index (κ1) is 42.0. The lowest BCUT2D eigenvalue weighted by molar-refractivity contribution is -0.142. The smallest absolute Gasteiger partial charge is 0.306 e. The summed E-state index contributed by atoms with van der Waals surface area (Å²) in [5.74, 6) is 2.49. The molecule has 1 amide bonds. The van der Waals surface area contributed by atoms with Crippen LogP contribution >= 0.6 is 22.7 Å². The molecule has 2 aromatic carbocycles. The predicted octanol–water partition coefficient (Wildman–Crippen LogP) is 9.23. The number of carbonyl (C=O) groups is 2. The minimum Gasteiger partial charge on any atom is -0.489 e. The molecule has 3 aliphatic heterocycles. The van der Waals surface area contributed by atoms with E-state index in [1.54, 1.807) is 35.3 Å². The van der Waals surface area contributed by atoms with Gasteiger partial charge in [-0.15, -0.1) is 22.7 Å². The molecule has 7 heterocycles. The fraction of sp³-hybridized carbons (Fsp3) is 0.417. The number of anilines is 4. The molecule has 3 N–H and O–H groups in total. The molecule has 5 aliphatic rings. The largest absolute Gasteiger partial charge is 0.489 e. The molecule has 2 atom stereocenters. The first-order valence-corrected chi connectivity index (χ1v) is 23.9. The summed E-state index contributed by atoms with van der Waals surface area (Å²) < 4.78 is 12.2. The molecule has 6 aromatic rings. The van der Waals surface area contributed by atoms with Crippen LogP contribution < -0.4 is 20.1 Å². The maximum Gasteiger partial charge on any atom is 0.306 e. The van der Waals surface area contributed by atoms with Gasteiger partial charge in [0.2, 0.25) is 5.91 Å². The first-order valence-electron chi connectivity index (χ1n) is 22.3. The van der Waals surface area contributed by atoms with E-state index in [1.165, 1.54) is 21.6 Å². The summed E-state index contributed by atoms with van der Waals surface area (Å²) in [4.78, 5) is 57.7. The number of aromatic nitrogens is 4. The number of hydrogen-bond donors (Lipinski definition) is 3. The van der Waals surface area contributed by atoms with Gasteiger partial charge < -0.3 is 30.1 Å². The summed E-state index contributed by atoms with van der Waals surface area (Å²) in [6.45, 7) is 11.3. The third-order valence-corrected chi connectivity index (χ3v) is 14.8. The summed E-state index contributed by atoms with van der Waals surface area (Å²) in [6, 6.07) is 8.28. The highest BCUT2D eigenvalue weighted by atomic mass is 32.1. The molecule has 2 aliphatic carbocycles. The number of hydrogen-bond acceptors (Lipinski definition) is 14. The van der Waals surface area contributed by atoms with Crippen molar-refractivity contribution in [3.8, 4) is 11.5 Å². The number of aliphatic imine (C=N–C) groups is 2. The van der Waals surface area contributed by atoms with Crippen molar-refractivity contribution in [2.24, 2.45) is 21.8 Å². The van der Waals surface area contributed by atoms with Crippen molar-refractivity contribution in [3.63, 3.8) is 0 Å². The summed E-state index contributed by atoms with van der Waals surface area (Å²) >= 11 is 3.28. The second-order valence-corrected chi connectivity index (χ2v) is 19.8. The lowest BCUT2D eigenvalue weighted by atomic mass is 9.87. The molecule has 64 heavy (non-hydrogen) atoms. The highest BCUT2D eigenvalue weighted by Gasteiger charge is 2.33. The summed E-state index contributed by atoms with van der Waals surface area (Å²) in [5.41, 5.74) is 8.71. The van der Waals surface area contributed by atoms with Crippen molar-refractivity contribution < 1.29 is 24.2 Å². The van der Waals surface area contributed by atoms with Crippen molar-refractivity contribution in [3.05, 3.63) is 80.1 Å². The van der Waals surface area contributed by atoms with Gasteiger partial charge in [-0.05, 0) is 137 Å². The SMILES string of the molecule is CC(C)Oc1cc2c(cc1Nc1ncnc3sc4c(c13)CC[C@H](C(=O)N1CCCC1)C4)C=NC2.CC(C)Oc1cc2c(cc1Nc1ncnc3sc4c(c13)CC[C@H](C(=O)O)C4)C=NC2. The second kappa shape index (κ2) is 17.5. The van der Waals surface area contributed by atoms with Gasteiger partial charge >= 0.3 is 5.97 Å². The maximum absolute atomic E-state index is 13.0. The number of nitrogens with zero attached hydrogens (tertiary/aromatic N) is 7. The molecule has 1 saturated heterocycles. The van der Waals surface area contributed by atoms with Crippen LogP contribution in [-0.2, 0) is 48.4 Å². The third kappa shape index (κ3) is 8.28. The van der Waals surface area contributed by atoms with E-state index in [2.05, 4.69) is 63.7 Å². The maximum atomic E-state index is 13.0. The number of thiophene rings is 2. The normalized spacial score (nSPS) is 18.2. The van der Waals surface area contributed by atoms with E-state index in [-0.39, 0.29) is 24.0 Å². The number of aryl methyl sites for hydroxylation is 2. The molecular formula is C48H51N9O5S2. The van der Waals surface area contributed by atoms with Crippen molar-refractivity contribution in [1.29, 1.82) is 0 Å². The Kier molecular flexibility index (Phi) is 11.5. The van der Waals surface area contributed by atoms with Crippen LogP contribution in [0.15, 0.2) is 46.9 Å². The Morgan fingerprint density at radius 2 is 1.19 bits per heavy atom. The Morgan fingerprint density at radius 3 is 1.67 bits per heavy atom. The molecule has 0 unspecified atom stereocenters. The van der Waals surface area contributed by atoms with E-state index in [4.69, 9.17) is 9.47 Å². The molecule has 0 radical (unpaired) electrons. The molecule has 11 rings (SSSR count). The minimum atomic E-state index is -0.724. The topological polar surface area (TPSA) is 176 Å². The highest BCUT2D eigenvalue weighted by molar-refractivity contribution is 7.19. The molecule has 0 spiro atoms. The molecule has 1 fully saturated rings. The summed E-state index contributed by atoms with van der Waals surface area (Å²) in [6.07, 6.45) is 13.8. The van der Waals surface area contributed by atoms with E-state index in [9.17, 15) is 14.7 Å². The van der Waals surface area contributed by atoms with Crippen LogP contribution in [0.4, 0.5) is 23.0 Å². The van der Waals surface area contributed by atoms with Crippen LogP contribution in [0.25, 0.3) is 20.4 Å². The average Bonchev–Trinajstić information content (AvgIpc) is 4.13. The van der Waals surface area contributed by atoms with Crippen LogP contribution in [0, 0.1) is 11.8 Å². The lowest BCUT2D eigenvalue weighted by Gasteiger charge is -2.26. The third-order valence-electron chi connectivity index (χ3n) is 12.5. The number of aliphatic carboxylic acids is 1. The van der Waals surface area contributed by atoms with E-state index in [0.29, 0.717) is 31.8 Å². The quantitative estimate of drug-likeness (QED) is 0.120. The lowest BCUT2D eigenvalue weighted by Crippen LogP contribution is -2.36. The van der Waals surface area contributed by atoms with E-state index >= 15 is 0 Å². The molecule has 330 valence electrons. The monoisotopic (exact) mass is 897 g/mol. The van der Waals surface area contributed by atoms with E-state index in [1.807, 2.05) is 46.2 Å². The first-order chi connectivity index (χ1) is 31.1. The van der Waals surface area contributed by atoms with Crippen molar-refractivity contribution in [2.45, 2.75) is 104 Å². The van der Waals surface area contributed by atoms with Crippen molar-refractivity contribution in [1.82, 2.24) is 24.8 Å². The van der Waals surface area contributed by atoms with Gasteiger partial charge in [0.15, 0.2) is 0 Å². The van der Waals surface area contributed by atoms with Crippen LogP contribution in [0.3, 0.4) is 0 Å². The van der Waals surface area contributed by atoms with Gasteiger partial charge in [-0.1, -0.05) is 0 Å². The summed E-state index contributed by atoms with van der Waals surface area (Å²) in [7, 11) is 0. The van der Waals surface area contributed by atoms with Crippen molar-refractivity contribution >= 4 is 90.4 Å². The molecule has 14 nitrogen and oxygen atoms in total. The number of nitrogens with one attached hydrogen (secondary N) is 2. The fourth-order valence-corrected chi connectivity index (χ4v) is 12.0. The number of benzene rings is 2. The van der Waals surface area contributed by atoms with Crippen LogP contribution in [-0.4, -0.2) is 79.5 Å². The number of ether oxygens (including phenoxy) is 2. The van der Waals surface area contributed by atoms with E-state index in [0.717, 1.165) is 128 Å². The second-order valence-electron chi connectivity index (χ2n) is 17.7. The Labute approximate surface area is 379 Å². The number of fused-ring (bicyclic) bond motifs is 8. The Bertz CT molecular complexity index is 2860. The summed E-state index contributed by atoms with van der Waals surface area (Å²) in [5, 5.41) is 18.5. The van der Waals surface area contributed by atoms with Crippen LogP contribution in [0.2, 0.25) is 0 Å². The fourth-order valence-electron chi connectivity index (χ4n) is 9.46. The number of carboxylic acid groups (broad SMARTS) is 1. The number of carboxylic acids is 1. The van der Waals surface area contributed by atoms with Gasteiger partial charge in [0.1, 0.15) is 45.5 Å². The van der Waals surface area contributed by atoms with Gasteiger partial charge in [-0.2, -0.15) is 0 Å². The number of amides is 1. The zero-order valence-corrected chi connectivity index (χ0v) is 38.1. The zero-order chi connectivity index (χ0) is 44.1. The Morgan fingerprint density at radius 1 is 0.703 bits per heavy atom. The average molecular weight is 898 g/mol. The molecule has 0 saturated carbocycles. The van der Waals surface area contributed by atoms with Crippen LogP contribution in [0.5, 0.6) is 11.5 Å². The number of likely N-dealkylation sites (tertiary alicyclic amines) is 1. The minimum absolute atomic E-state index is 0.0400. The van der Waals surface area contributed by atoms with Gasteiger partial charge in [0.25, 0.3) is 0 Å². The van der Waals surface area contributed by atoms with Crippen LogP contribution in [0.1, 0.15) is 96.5 Å². The Hall–Kier alpha value is -6.00. The van der Waals surface area contributed by atoms with Gasteiger partial charge in [0.05, 0.1) is 53.4 Å². The molecular weight excluding hydrogens is 847 g/mol. The van der Waals surface area contributed by atoms with Crippen molar-refractivity contribution in [2.75, 3.05) is 23.7 Å².